The molecule has 1 aromatic rings. The molecule has 2 unspecified atom stereocenters. The molecule has 0 bridgehead atoms. The predicted molar refractivity (Wildman–Crippen MR) is 96.1 cm³/mol. The second-order valence-corrected chi connectivity index (χ2v) is 7.91. The zero-order valence-electron chi connectivity index (χ0n) is 15.0. The molecule has 2 heteroatoms. The van der Waals surface area contributed by atoms with Crippen molar-refractivity contribution < 1.29 is 8.78 Å². The van der Waals surface area contributed by atoms with Gasteiger partial charge in [0.2, 0.25) is 0 Å². The largest absolute Gasteiger partial charge is 0.203 e. The molecule has 1 aromatic carbocycles. The number of rotatable bonds is 4. The molecule has 1 saturated carbocycles. The lowest BCUT2D eigenvalue weighted by molar-refractivity contribution is 0.240. The Kier molecular flexibility index (Phi) is 5.73. The van der Waals surface area contributed by atoms with E-state index < -0.39 is 11.6 Å². The summed E-state index contributed by atoms with van der Waals surface area (Å²) >= 11 is 0. The smallest absolute Gasteiger partial charge is 0.162 e. The topological polar surface area (TPSA) is 0 Å². The van der Waals surface area contributed by atoms with E-state index in [-0.39, 0.29) is 5.92 Å². The van der Waals surface area contributed by atoms with E-state index in [1.807, 2.05) is 13.0 Å². The van der Waals surface area contributed by atoms with Gasteiger partial charge in [-0.05, 0) is 79.7 Å². The summed E-state index contributed by atoms with van der Waals surface area (Å²) in [5, 5.41) is 0. The van der Waals surface area contributed by atoms with Crippen LogP contribution in [0.3, 0.4) is 0 Å². The number of hydrogen-bond donors (Lipinski definition) is 0. The standard InChI is InChI=1S/C22H30F2/c1-3-4-19-13-14-20(22(24)21(19)23)18-11-9-17(10-12-18)16-7-5-15(2)6-8-16/h5,7,13-18H,3-4,6,8-12H2,1-2H3. The van der Waals surface area contributed by atoms with Crippen LogP contribution in [0.4, 0.5) is 8.78 Å². The Hall–Kier alpha value is -1.18. The van der Waals surface area contributed by atoms with E-state index in [2.05, 4.69) is 19.1 Å². The second-order valence-electron chi connectivity index (χ2n) is 7.91. The molecule has 24 heavy (non-hydrogen) atoms. The van der Waals surface area contributed by atoms with Gasteiger partial charge in [-0.15, -0.1) is 0 Å². The maximum atomic E-state index is 14.5. The highest BCUT2D eigenvalue weighted by molar-refractivity contribution is 5.29. The summed E-state index contributed by atoms with van der Waals surface area (Å²) < 4.78 is 28.7. The van der Waals surface area contributed by atoms with Gasteiger partial charge in [0, 0.05) is 0 Å². The van der Waals surface area contributed by atoms with Crippen LogP contribution >= 0.6 is 0 Å². The lowest BCUT2D eigenvalue weighted by Gasteiger charge is -2.35. The van der Waals surface area contributed by atoms with Gasteiger partial charge < -0.3 is 0 Å². The van der Waals surface area contributed by atoms with E-state index in [0.717, 1.165) is 43.9 Å². The first-order valence-corrected chi connectivity index (χ1v) is 9.75. The van der Waals surface area contributed by atoms with E-state index in [9.17, 15) is 8.78 Å². The van der Waals surface area contributed by atoms with Crippen LogP contribution in [0.1, 0.15) is 75.8 Å². The zero-order chi connectivity index (χ0) is 17.1. The average molecular weight is 332 g/mol. The molecule has 132 valence electrons. The first-order chi connectivity index (χ1) is 11.6. The fraction of sp³-hybridized carbons (Fsp3) is 0.636. The van der Waals surface area contributed by atoms with Crippen LogP contribution in [-0.4, -0.2) is 0 Å². The van der Waals surface area contributed by atoms with Crippen molar-refractivity contribution in [1.82, 2.24) is 0 Å². The average Bonchev–Trinajstić information content (AvgIpc) is 2.60. The molecule has 0 heterocycles. The Morgan fingerprint density at radius 1 is 0.917 bits per heavy atom. The third-order valence-electron chi connectivity index (χ3n) is 6.17. The quantitative estimate of drug-likeness (QED) is 0.532. The van der Waals surface area contributed by atoms with Crippen LogP contribution in [0, 0.1) is 29.4 Å². The molecular weight excluding hydrogens is 302 g/mol. The Labute approximate surface area is 145 Å². The normalized spacial score (nSPS) is 30.5. The van der Waals surface area contributed by atoms with E-state index in [1.165, 1.54) is 12.8 Å². The van der Waals surface area contributed by atoms with Gasteiger partial charge in [-0.1, -0.05) is 44.6 Å². The summed E-state index contributed by atoms with van der Waals surface area (Å²) in [4.78, 5) is 0. The summed E-state index contributed by atoms with van der Waals surface area (Å²) in [6, 6.07) is 3.64. The van der Waals surface area contributed by atoms with E-state index in [1.54, 1.807) is 6.07 Å². The number of benzene rings is 1. The van der Waals surface area contributed by atoms with Gasteiger partial charge in [0.25, 0.3) is 0 Å². The molecule has 0 aliphatic heterocycles. The first-order valence-electron chi connectivity index (χ1n) is 9.75. The van der Waals surface area contributed by atoms with Gasteiger partial charge in [-0.3, -0.25) is 0 Å². The van der Waals surface area contributed by atoms with Gasteiger partial charge >= 0.3 is 0 Å². The van der Waals surface area contributed by atoms with E-state index in [0.29, 0.717) is 23.5 Å². The van der Waals surface area contributed by atoms with Crippen LogP contribution in [0.5, 0.6) is 0 Å². The highest BCUT2D eigenvalue weighted by atomic mass is 19.2. The van der Waals surface area contributed by atoms with Gasteiger partial charge in [0.15, 0.2) is 11.6 Å². The highest BCUT2D eigenvalue weighted by Crippen LogP contribution is 2.42. The Balaban J connectivity index is 1.64. The van der Waals surface area contributed by atoms with Gasteiger partial charge in [-0.25, -0.2) is 8.78 Å². The third kappa shape index (κ3) is 3.73. The molecule has 0 saturated heterocycles. The van der Waals surface area contributed by atoms with Crippen molar-refractivity contribution in [2.24, 2.45) is 17.8 Å². The molecule has 3 rings (SSSR count). The monoisotopic (exact) mass is 332 g/mol. The van der Waals surface area contributed by atoms with E-state index in [4.69, 9.17) is 0 Å². The van der Waals surface area contributed by atoms with Crippen LogP contribution < -0.4 is 0 Å². The third-order valence-corrected chi connectivity index (χ3v) is 6.17. The molecule has 0 amide bonds. The minimum absolute atomic E-state index is 0.193. The fourth-order valence-electron chi connectivity index (χ4n) is 4.61. The number of allylic oxidation sites excluding steroid dienone is 2. The second kappa shape index (κ2) is 7.80. The molecule has 0 N–H and O–H groups in total. The summed E-state index contributed by atoms with van der Waals surface area (Å²) in [6.45, 7) is 4.27. The molecule has 0 radical (unpaired) electrons. The summed E-state index contributed by atoms with van der Waals surface area (Å²) in [5.41, 5.74) is 1.13. The maximum Gasteiger partial charge on any atom is 0.162 e. The van der Waals surface area contributed by atoms with Crippen LogP contribution in [-0.2, 0) is 6.42 Å². The zero-order valence-corrected chi connectivity index (χ0v) is 15.0. The van der Waals surface area contributed by atoms with Crippen LogP contribution in [0.2, 0.25) is 0 Å². The first kappa shape index (κ1) is 17.6. The van der Waals surface area contributed by atoms with Crippen LogP contribution in [0.15, 0.2) is 24.3 Å². The summed E-state index contributed by atoms with van der Waals surface area (Å²) in [5.74, 6) is 1.15. The van der Waals surface area contributed by atoms with Crippen molar-refractivity contribution in [3.05, 3.63) is 47.0 Å². The summed E-state index contributed by atoms with van der Waals surface area (Å²) in [7, 11) is 0. The van der Waals surface area contributed by atoms with Gasteiger partial charge in [0.1, 0.15) is 0 Å². The Morgan fingerprint density at radius 2 is 1.67 bits per heavy atom. The SMILES string of the molecule is CCCc1ccc(C2CCC(C3C=CC(C)CC3)CC2)c(F)c1F. The molecule has 0 aromatic heterocycles. The molecular formula is C22H30F2. The van der Waals surface area contributed by atoms with E-state index >= 15 is 0 Å². The Morgan fingerprint density at radius 3 is 2.29 bits per heavy atom. The molecule has 2 aliphatic rings. The van der Waals surface area contributed by atoms with Crippen molar-refractivity contribution in [3.63, 3.8) is 0 Å². The number of aryl methyl sites for hydroxylation is 1. The number of hydrogen-bond acceptors (Lipinski definition) is 0. The maximum absolute atomic E-state index is 14.5. The minimum Gasteiger partial charge on any atom is -0.203 e. The fourth-order valence-corrected chi connectivity index (χ4v) is 4.61. The molecule has 2 atom stereocenters. The molecule has 0 spiro atoms. The lowest BCUT2D eigenvalue weighted by atomic mass is 9.70. The van der Waals surface area contributed by atoms with Crippen molar-refractivity contribution in [1.29, 1.82) is 0 Å². The van der Waals surface area contributed by atoms with Crippen molar-refractivity contribution in [2.45, 2.75) is 71.1 Å². The highest BCUT2D eigenvalue weighted by Gasteiger charge is 2.30. The summed E-state index contributed by atoms with van der Waals surface area (Å²) in [6.07, 6.45) is 13.1. The van der Waals surface area contributed by atoms with Gasteiger partial charge in [0.05, 0.1) is 0 Å². The molecule has 0 nitrogen and oxygen atoms in total. The molecule has 2 aliphatic carbocycles. The van der Waals surface area contributed by atoms with Crippen molar-refractivity contribution >= 4 is 0 Å². The minimum atomic E-state index is -0.610. The predicted octanol–water partition coefficient (Wildman–Crippen LogP) is 6.79. The van der Waals surface area contributed by atoms with Gasteiger partial charge in [-0.2, -0.15) is 0 Å². The van der Waals surface area contributed by atoms with Crippen LogP contribution in [0.25, 0.3) is 0 Å². The molecule has 1 fully saturated rings. The van der Waals surface area contributed by atoms with Crippen molar-refractivity contribution in [2.75, 3.05) is 0 Å². The van der Waals surface area contributed by atoms with Crippen molar-refractivity contribution in [3.8, 4) is 0 Å². The Bertz CT molecular complexity index is 582. The number of halogens is 2. The lowest BCUT2D eigenvalue weighted by Crippen LogP contribution is -2.22.